The van der Waals surface area contributed by atoms with Crippen molar-refractivity contribution in [2.24, 2.45) is 0 Å². The van der Waals surface area contributed by atoms with Crippen molar-refractivity contribution in [3.05, 3.63) is 51.3 Å². The summed E-state index contributed by atoms with van der Waals surface area (Å²) in [6, 6.07) is 6.22. The summed E-state index contributed by atoms with van der Waals surface area (Å²) in [6.07, 6.45) is 1.04. The van der Waals surface area contributed by atoms with Crippen LogP contribution in [-0.4, -0.2) is 14.9 Å². The second kappa shape index (κ2) is 5.31. The van der Waals surface area contributed by atoms with Gasteiger partial charge >= 0.3 is 0 Å². The smallest absolute Gasteiger partial charge is 0.122 e. The Bertz CT molecular complexity index is 637. The first-order chi connectivity index (χ1) is 9.58. The molecule has 3 rings (SSSR count). The number of benzene rings is 1. The quantitative estimate of drug-likeness (QED) is 0.934. The number of aliphatic hydroxyl groups is 1. The van der Waals surface area contributed by atoms with E-state index < -0.39 is 6.10 Å². The van der Waals surface area contributed by atoms with Gasteiger partial charge in [-0.25, -0.2) is 0 Å². The van der Waals surface area contributed by atoms with Crippen LogP contribution in [0.3, 0.4) is 0 Å². The van der Waals surface area contributed by atoms with Gasteiger partial charge in [-0.15, -0.1) is 0 Å². The minimum absolute atomic E-state index is 0.198. The zero-order valence-electron chi connectivity index (χ0n) is 11.5. The molecule has 1 unspecified atom stereocenters. The number of ether oxygens (including phenoxy) is 1. The van der Waals surface area contributed by atoms with E-state index in [0.29, 0.717) is 13.2 Å². The summed E-state index contributed by atoms with van der Waals surface area (Å²) >= 11 is 3.48. The molecule has 0 amide bonds. The van der Waals surface area contributed by atoms with Crippen LogP contribution in [0.5, 0.6) is 0 Å². The fraction of sp³-hybridized carbons (Fsp3) is 0.400. The molecule has 2 aromatic rings. The summed E-state index contributed by atoms with van der Waals surface area (Å²) < 4.78 is 8.09. The maximum absolute atomic E-state index is 10.7. The number of aliphatic hydroxyl groups excluding tert-OH is 1. The number of hydrogen-bond donors (Lipinski definition) is 1. The van der Waals surface area contributed by atoms with E-state index in [1.165, 1.54) is 5.56 Å². The van der Waals surface area contributed by atoms with Crippen molar-refractivity contribution < 1.29 is 9.84 Å². The summed E-state index contributed by atoms with van der Waals surface area (Å²) in [5.41, 5.74) is 4.03. The molecule has 1 atom stereocenters. The van der Waals surface area contributed by atoms with Gasteiger partial charge in [0.25, 0.3) is 0 Å². The number of aromatic nitrogens is 2. The minimum Gasteiger partial charge on any atom is -0.382 e. The lowest BCUT2D eigenvalue weighted by molar-refractivity contribution is 0.134. The second-order valence-electron chi connectivity index (χ2n) is 5.34. The molecule has 5 heteroatoms. The van der Waals surface area contributed by atoms with Gasteiger partial charge in [-0.2, -0.15) is 5.10 Å². The van der Waals surface area contributed by atoms with Gasteiger partial charge < -0.3 is 9.84 Å². The van der Waals surface area contributed by atoms with Gasteiger partial charge in [0.05, 0.1) is 29.6 Å². The van der Waals surface area contributed by atoms with Crippen LogP contribution in [0.2, 0.25) is 0 Å². The maximum atomic E-state index is 10.7. The average Bonchev–Trinajstić information content (AvgIpc) is 3.03. The molecule has 1 N–H and O–H groups in total. The Morgan fingerprint density at radius 1 is 1.30 bits per heavy atom. The molecule has 106 valence electrons. The highest BCUT2D eigenvalue weighted by Crippen LogP contribution is 2.32. The lowest BCUT2D eigenvalue weighted by atomic mass is 10.0. The van der Waals surface area contributed by atoms with Crippen molar-refractivity contribution in [2.45, 2.75) is 39.2 Å². The third kappa shape index (κ3) is 2.30. The Morgan fingerprint density at radius 2 is 2.05 bits per heavy atom. The third-order valence-corrected chi connectivity index (χ3v) is 4.21. The number of hydrogen-bond acceptors (Lipinski definition) is 3. The van der Waals surface area contributed by atoms with E-state index in [4.69, 9.17) is 4.74 Å². The Hall–Kier alpha value is -1.17. The summed E-state index contributed by atoms with van der Waals surface area (Å²) in [4.78, 5) is 0. The molecule has 1 aliphatic rings. The Labute approximate surface area is 126 Å². The standard InChI is InChI=1S/C15H17BrN2O2/c1-9(2)18-14(13(16)6-17-18)15(19)10-3-4-11-7-20-8-12(11)5-10/h3-6,9,15,19H,7-8H2,1-2H3. The monoisotopic (exact) mass is 336 g/mol. The van der Waals surface area contributed by atoms with Crippen molar-refractivity contribution >= 4 is 15.9 Å². The van der Waals surface area contributed by atoms with Crippen LogP contribution in [0.15, 0.2) is 28.9 Å². The number of fused-ring (bicyclic) bond motifs is 1. The molecule has 1 aromatic carbocycles. The van der Waals surface area contributed by atoms with E-state index in [1.54, 1.807) is 6.20 Å². The molecule has 0 bridgehead atoms. The highest BCUT2D eigenvalue weighted by Gasteiger charge is 2.22. The fourth-order valence-electron chi connectivity index (χ4n) is 2.54. The highest BCUT2D eigenvalue weighted by molar-refractivity contribution is 9.10. The third-order valence-electron chi connectivity index (χ3n) is 3.60. The highest BCUT2D eigenvalue weighted by atomic mass is 79.9. The van der Waals surface area contributed by atoms with E-state index in [-0.39, 0.29) is 6.04 Å². The van der Waals surface area contributed by atoms with Gasteiger partial charge in [0.1, 0.15) is 6.10 Å². The lowest BCUT2D eigenvalue weighted by Crippen LogP contribution is -2.12. The van der Waals surface area contributed by atoms with Crippen LogP contribution in [-0.2, 0) is 18.0 Å². The zero-order valence-corrected chi connectivity index (χ0v) is 13.1. The molecule has 0 saturated heterocycles. The van der Waals surface area contributed by atoms with Gasteiger partial charge in [-0.1, -0.05) is 18.2 Å². The predicted molar refractivity (Wildman–Crippen MR) is 79.3 cm³/mol. The maximum Gasteiger partial charge on any atom is 0.122 e. The Balaban J connectivity index is 2.00. The molecule has 0 aliphatic carbocycles. The first-order valence-corrected chi connectivity index (χ1v) is 7.47. The second-order valence-corrected chi connectivity index (χ2v) is 6.19. The SMILES string of the molecule is CC(C)n1ncc(Br)c1C(O)c1ccc2c(c1)COC2. The van der Waals surface area contributed by atoms with Gasteiger partial charge in [0.2, 0.25) is 0 Å². The van der Waals surface area contributed by atoms with Crippen LogP contribution < -0.4 is 0 Å². The summed E-state index contributed by atoms with van der Waals surface area (Å²) in [5, 5.41) is 15.0. The normalized spacial score (nSPS) is 15.7. The molecule has 0 spiro atoms. The molecule has 20 heavy (non-hydrogen) atoms. The van der Waals surface area contributed by atoms with Crippen molar-refractivity contribution in [1.29, 1.82) is 0 Å². The van der Waals surface area contributed by atoms with E-state index in [1.807, 2.05) is 36.7 Å². The van der Waals surface area contributed by atoms with Gasteiger partial charge in [0.15, 0.2) is 0 Å². The fourth-order valence-corrected chi connectivity index (χ4v) is 3.03. The molecule has 1 aliphatic heterocycles. The van der Waals surface area contributed by atoms with E-state index in [9.17, 15) is 5.11 Å². The summed E-state index contributed by atoms with van der Waals surface area (Å²) in [5.74, 6) is 0. The first kappa shape index (κ1) is 13.8. The molecule has 4 nitrogen and oxygen atoms in total. The van der Waals surface area contributed by atoms with Crippen LogP contribution in [0.1, 0.15) is 48.4 Å². The first-order valence-electron chi connectivity index (χ1n) is 6.68. The number of halogens is 1. The predicted octanol–water partition coefficient (Wildman–Crippen LogP) is 3.34. The molecule has 0 saturated carbocycles. The topological polar surface area (TPSA) is 47.3 Å². The van der Waals surface area contributed by atoms with Crippen LogP contribution >= 0.6 is 15.9 Å². The van der Waals surface area contributed by atoms with Crippen molar-refractivity contribution in [3.63, 3.8) is 0 Å². The van der Waals surface area contributed by atoms with Crippen LogP contribution in [0.4, 0.5) is 0 Å². The molecule has 0 radical (unpaired) electrons. The number of rotatable bonds is 3. The molecule has 2 heterocycles. The average molecular weight is 337 g/mol. The molecular formula is C15H17BrN2O2. The molecule has 0 fully saturated rings. The van der Waals surface area contributed by atoms with Gasteiger partial charge in [0, 0.05) is 6.04 Å². The van der Waals surface area contributed by atoms with E-state index >= 15 is 0 Å². The van der Waals surface area contributed by atoms with Crippen molar-refractivity contribution in [1.82, 2.24) is 9.78 Å². The van der Waals surface area contributed by atoms with Gasteiger partial charge in [-0.05, 0) is 46.5 Å². The molecule has 1 aromatic heterocycles. The Kier molecular flexibility index (Phi) is 3.67. The summed E-state index contributed by atoms with van der Waals surface area (Å²) in [6.45, 7) is 5.39. The van der Waals surface area contributed by atoms with Crippen molar-refractivity contribution in [3.8, 4) is 0 Å². The summed E-state index contributed by atoms with van der Waals surface area (Å²) in [7, 11) is 0. The largest absolute Gasteiger partial charge is 0.382 e. The van der Waals surface area contributed by atoms with Crippen LogP contribution in [0.25, 0.3) is 0 Å². The zero-order chi connectivity index (χ0) is 14.3. The molecular weight excluding hydrogens is 320 g/mol. The van der Waals surface area contributed by atoms with E-state index in [0.717, 1.165) is 21.3 Å². The van der Waals surface area contributed by atoms with Gasteiger partial charge in [-0.3, -0.25) is 4.68 Å². The van der Waals surface area contributed by atoms with Crippen molar-refractivity contribution in [2.75, 3.05) is 0 Å². The Morgan fingerprint density at radius 3 is 2.80 bits per heavy atom. The van der Waals surface area contributed by atoms with Crippen LogP contribution in [0, 0.1) is 0 Å². The number of nitrogens with zero attached hydrogens (tertiary/aromatic N) is 2. The minimum atomic E-state index is -0.694. The lowest BCUT2D eigenvalue weighted by Gasteiger charge is -2.17. The van der Waals surface area contributed by atoms with E-state index in [2.05, 4.69) is 21.0 Å².